The Morgan fingerprint density at radius 1 is 1.35 bits per heavy atom. The Balaban J connectivity index is 2.21. The lowest BCUT2D eigenvalue weighted by molar-refractivity contribution is 0.0933. The van der Waals surface area contributed by atoms with Crippen molar-refractivity contribution in [1.29, 1.82) is 0 Å². The predicted molar refractivity (Wildman–Crippen MR) is 68.0 cm³/mol. The highest BCUT2D eigenvalue weighted by atomic mass is 19.1. The van der Waals surface area contributed by atoms with E-state index in [1.54, 1.807) is 18.5 Å². The molecule has 2 aromatic rings. The highest BCUT2D eigenvalue weighted by Gasteiger charge is 2.19. The summed E-state index contributed by atoms with van der Waals surface area (Å²) in [5.74, 6) is -1.66. The third-order valence-electron chi connectivity index (χ3n) is 2.97. The number of carbonyl (C=O) groups excluding carboxylic acids is 1. The molecule has 1 heterocycles. The van der Waals surface area contributed by atoms with Crippen LogP contribution in [0.1, 0.15) is 34.7 Å². The Labute approximate surface area is 114 Å². The van der Waals surface area contributed by atoms with E-state index >= 15 is 0 Å². The van der Waals surface area contributed by atoms with E-state index in [2.05, 4.69) is 15.5 Å². The summed E-state index contributed by atoms with van der Waals surface area (Å²) in [7, 11) is 1.74. The molecule has 7 heteroatoms. The quantitative estimate of drug-likeness (QED) is 0.934. The maximum absolute atomic E-state index is 13.6. The maximum Gasteiger partial charge on any atom is 0.254 e. The SMILES string of the molecule is Cc1cc(C(=O)NC(C)c2nncn2C)c(F)cc1F. The number of hydrogen-bond donors (Lipinski definition) is 1. The number of aryl methyl sites for hydroxylation is 2. The van der Waals surface area contributed by atoms with E-state index in [0.29, 0.717) is 11.9 Å². The van der Waals surface area contributed by atoms with Gasteiger partial charge in [-0.25, -0.2) is 8.78 Å². The van der Waals surface area contributed by atoms with Crippen LogP contribution in [0, 0.1) is 18.6 Å². The van der Waals surface area contributed by atoms with Crippen LogP contribution in [0.4, 0.5) is 8.78 Å². The third-order valence-corrected chi connectivity index (χ3v) is 2.97. The second kappa shape index (κ2) is 5.36. The fraction of sp³-hybridized carbons (Fsp3) is 0.308. The topological polar surface area (TPSA) is 59.8 Å². The summed E-state index contributed by atoms with van der Waals surface area (Å²) in [6.07, 6.45) is 1.50. The van der Waals surface area contributed by atoms with Gasteiger partial charge in [-0.2, -0.15) is 0 Å². The lowest BCUT2D eigenvalue weighted by Gasteiger charge is -2.13. The Morgan fingerprint density at radius 2 is 2.05 bits per heavy atom. The van der Waals surface area contributed by atoms with Crippen LogP contribution in [0.15, 0.2) is 18.5 Å². The van der Waals surface area contributed by atoms with Crippen molar-refractivity contribution in [3.8, 4) is 0 Å². The highest BCUT2D eigenvalue weighted by molar-refractivity contribution is 5.94. The molecule has 2 rings (SSSR count). The summed E-state index contributed by atoms with van der Waals surface area (Å²) in [5, 5.41) is 10.2. The Morgan fingerprint density at radius 3 is 2.65 bits per heavy atom. The van der Waals surface area contributed by atoms with Gasteiger partial charge in [-0.15, -0.1) is 10.2 Å². The van der Waals surface area contributed by atoms with Gasteiger partial charge in [0.2, 0.25) is 0 Å². The molecule has 0 radical (unpaired) electrons. The largest absolute Gasteiger partial charge is 0.342 e. The predicted octanol–water partition coefficient (Wildman–Crippen LogP) is 1.89. The van der Waals surface area contributed by atoms with Gasteiger partial charge in [-0.1, -0.05) is 0 Å². The highest BCUT2D eigenvalue weighted by Crippen LogP contribution is 2.16. The molecule has 1 atom stereocenters. The van der Waals surface area contributed by atoms with Gasteiger partial charge in [-0.05, 0) is 25.5 Å². The van der Waals surface area contributed by atoms with Crippen LogP contribution < -0.4 is 5.32 Å². The zero-order chi connectivity index (χ0) is 14.9. The fourth-order valence-corrected chi connectivity index (χ4v) is 1.85. The molecule has 0 saturated heterocycles. The van der Waals surface area contributed by atoms with Crippen molar-refractivity contribution in [2.75, 3.05) is 0 Å². The molecule has 0 bridgehead atoms. The molecule has 0 spiro atoms. The van der Waals surface area contributed by atoms with E-state index in [1.165, 1.54) is 19.3 Å². The number of aromatic nitrogens is 3. The molecule has 106 valence electrons. The van der Waals surface area contributed by atoms with E-state index < -0.39 is 23.6 Å². The Bertz CT molecular complexity index is 654. The monoisotopic (exact) mass is 280 g/mol. The van der Waals surface area contributed by atoms with Gasteiger partial charge in [0.25, 0.3) is 5.91 Å². The lowest BCUT2D eigenvalue weighted by Crippen LogP contribution is -2.29. The number of amides is 1. The molecule has 0 saturated carbocycles. The summed E-state index contributed by atoms with van der Waals surface area (Å²) in [5.41, 5.74) is 0.0146. The molecule has 20 heavy (non-hydrogen) atoms. The number of benzene rings is 1. The van der Waals surface area contributed by atoms with E-state index in [0.717, 1.165) is 0 Å². The summed E-state index contributed by atoms with van der Waals surface area (Å²) in [4.78, 5) is 12.0. The van der Waals surface area contributed by atoms with Crippen molar-refractivity contribution in [3.05, 3.63) is 47.0 Å². The van der Waals surface area contributed by atoms with Crippen molar-refractivity contribution in [2.45, 2.75) is 19.9 Å². The van der Waals surface area contributed by atoms with Crippen molar-refractivity contribution < 1.29 is 13.6 Å². The zero-order valence-electron chi connectivity index (χ0n) is 11.3. The summed E-state index contributed by atoms with van der Waals surface area (Å²) in [6, 6.07) is 1.44. The Kier molecular flexibility index (Phi) is 3.78. The first-order chi connectivity index (χ1) is 9.40. The standard InChI is InChI=1S/C13H14F2N4O/c1-7-4-9(11(15)5-10(7)14)13(20)17-8(2)12-18-16-6-19(12)3/h4-6,8H,1-3H3,(H,17,20). The number of rotatable bonds is 3. The number of nitrogens with zero attached hydrogens (tertiary/aromatic N) is 3. The summed E-state index contributed by atoms with van der Waals surface area (Å²) in [6.45, 7) is 3.17. The van der Waals surface area contributed by atoms with Gasteiger partial charge in [0.05, 0.1) is 11.6 Å². The minimum atomic E-state index is -0.893. The molecular weight excluding hydrogens is 266 g/mol. The van der Waals surface area contributed by atoms with E-state index in [1.807, 2.05) is 0 Å². The molecule has 0 aliphatic rings. The smallest absolute Gasteiger partial charge is 0.254 e. The fourth-order valence-electron chi connectivity index (χ4n) is 1.85. The minimum Gasteiger partial charge on any atom is -0.342 e. The van der Waals surface area contributed by atoms with Gasteiger partial charge in [-0.3, -0.25) is 4.79 Å². The molecule has 0 fully saturated rings. The summed E-state index contributed by atoms with van der Waals surface area (Å²) >= 11 is 0. The number of carbonyl (C=O) groups is 1. The first kappa shape index (κ1) is 14.1. The van der Waals surface area contributed by atoms with Crippen LogP contribution in [0.3, 0.4) is 0 Å². The van der Waals surface area contributed by atoms with Gasteiger partial charge in [0.15, 0.2) is 5.82 Å². The third kappa shape index (κ3) is 2.66. The molecule has 0 aliphatic heterocycles. The Hall–Kier alpha value is -2.31. The molecule has 5 nitrogen and oxygen atoms in total. The van der Waals surface area contributed by atoms with Crippen LogP contribution in [-0.2, 0) is 7.05 Å². The number of hydrogen-bond acceptors (Lipinski definition) is 3. The average molecular weight is 280 g/mol. The van der Waals surface area contributed by atoms with Crippen LogP contribution in [0.5, 0.6) is 0 Å². The average Bonchev–Trinajstić information content (AvgIpc) is 2.80. The van der Waals surface area contributed by atoms with Gasteiger partial charge >= 0.3 is 0 Å². The second-order valence-electron chi connectivity index (χ2n) is 4.58. The maximum atomic E-state index is 13.6. The minimum absolute atomic E-state index is 0.196. The first-order valence-corrected chi connectivity index (χ1v) is 6.00. The molecule has 1 amide bonds. The molecule has 1 aromatic carbocycles. The van der Waals surface area contributed by atoms with Crippen LogP contribution in [0.2, 0.25) is 0 Å². The molecule has 1 N–H and O–H groups in total. The molecule has 1 unspecified atom stereocenters. The van der Waals surface area contributed by atoms with Crippen molar-refractivity contribution in [1.82, 2.24) is 20.1 Å². The van der Waals surface area contributed by atoms with Gasteiger partial charge in [0, 0.05) is 13.1 Å². The van der Waals surface area contributed by atoms with Crippen molar-refractivity contribution in [2.24, 2.45) is 7.05 Å². The van der Waals surface area contributed by atoms with Gasteiger partial charge < -0.3 is 9.88 Å². The zero-order valence-corrected chi connectivity index (χ0v) is 11.3. The van der Waals surface area contributed by atoms with Gasteiger partial charge in [0.1, 0.15) is 18.0 Å². The first-order valence-electron chi connectivity index (χ1n) is 6.00. The lowest BCUT2D eigenvalue weighted by atomic mass is 10.1. The van der Waals surface area contributed by atoms with Crippen molar-refractivity contribution in [3.63, 3.8) is 0 Å². The molecular formula is C13H14F2N4O. The van der Waals surface area contributed by atoms with E-state index in [4.69, 9.17) is 0 Å². The van der Waals surface area contributed by atoms with Crippen LogP contribution in [-0.4, -0.2) is 20.7 Å². The number of nitrogens with one attached hydrogen (secondary N) is 1. The number of halogens is 2. The van der Waals surface area contributed by atoms with Crippen LogP contribution in [0.25, 0.3) is 0 Å². The van der Waals surface area contributed by atoms with Crippen molar-refractivity contribution >= 4 is 5.91 Å². The van der Waals surface area contributed by atoms with E-state index in [-0.39, 0.29) is 11.1 Å². The molecule has 0 aliphatic carbocycles. The molecule has 1 aromatic heterocycles. The van der Waals surface area contributed by atoms with Crippen LogP contribution >= 0.6 is 0 Å². The summed E-state index contributed by atoms with van der Waals surface area (Å²) < 4.78 is 28.4. The second-order valence-corrected chi connectivity index (χ2v) is 4.58. The van der Waals surface area contributed by atoms with E-state index in [9.17, 15) is 13.6 Å². The normalized spacial score (nSPS) is 12.2.